The first kappa shape index (κ1) is 40.9. The summed E-state index contributed by atoms with van der Waals surface area (Å²) in [5.74, 6) is 2.86. The number of hydrogen-bond acceptors (Lipinski definition) is 7. The van der Waals surface area contributed by atoms with Gasteiger partial charge in [0.25, 0.3) is 0 Å². The van der Waals surface area contributed by atoms with Crippen LogP contribution in [0.25, 0.3) is 22.2 Å². The van der Waals surface area contributed by atoms with Gasteiger partial charge in [-0.2, -0.15) is 10.1 Å². The van der Waals surface area contributed by atoms with Crippen molar-refractivity contribution in [3.05, 3.63) is 130 Å². The molecule has 2 aromatic heterocycles. The van der Waals surface area contributed by atoms with Crippen LogP contribution in [0.5, 0.6) is 17.5 Å². The van der Waals surface area contributed by atoms with E-state index in [-0.39, 0.29) is 5.54 Å². The van der Waals surface area contributed by atoms with Gasteiger partial charge in [-0.05, 0) is 106 Å². The normalized spacial score (nSPS) is 17.6. The van der Waals surface area contributed by atoms with Crippen LogP contribution >= 0.6 is 15.9 Å². The lowest BCUT2D eigenvalue weighted by Gasteiger charge is -2.45. The third-order valence-electron chi connectivity index (χ3n) is 12.6. The molecule has 0 amide bonds. The summed E-state index contributed by atoms with van der Waals surface area (Å²) in [6, 6.07) is 37.3. The first-order valence-electron chi connectivity index (χ1n) is 21.4. The highest BCUT2D eigenvalue weighted by Crippen LogP contribution is 2.38. The number of nitrogens with zero attached hydrogens (tertiary/aromatic N) is 5. The largest absolute Gasteiger partial charge is 0.490 e. The highest BCUT2D eigenvalue weighted by molar-refractivity contribution is 9.10. The molecule has 1 saturated carbocycles. The lowest BCUT2D eigenvalue weighted by Crippen LogP contribution is -2.54. The first-order chi connectivity index (χ1) is 28.7. The molecule has 0 radical (unpaired) electrons. The smallest absolute Gasteiger partial charge is 0.226 e. The van der Waals surface area contributed by atoms with Crippen molar-refractivity contribution in [1.29, 1.82) is 0 Å². The van der Waals surface area contributed by atoms with Gasteiger partial charge in [0.05, 0.1) is 17.2 Å². The van der Waals surface area contributed by atoms with E-state index >= 15 is 0 Å². The van der Waals surface area contributed by atoms with Crippen LogP contribution in [0.15, 0.2) is 114 Å². The standard InChI is InChI=1S/C50H58BrN5O3/c1-36-44(51)18-11-19-46(36)59-41-23-20-37(21-24-41)17-12-28-50(2,3)56-31-29-55(30-32-56)40-22-25-42-45(33-40)54(4)53-48(42)43-26-27-47(57-34-38-13-7-5-8-14-38)52-49(43)58-35-39-15-9-6-10-16-39/h5-11,13-16,18-19,22,25-27,33,37,41H,12,17,20-21,23-24,28-32,34-35H2,1-4H3. The highest BCUT2D eigenvalue weighted by Gasteiger charge is 2.31. The molecule has 0 N–H and O–H groups in total. The Hall–Kier alpha value is -4.86. The maximum atomic E-state index is 6.43. The number of pyridine rings is 1. The molecule has 9 heteroatoms. The molecule has 8 nitrogen and oxygen atoms in total. The molecule has 0 unspecified atom stereocenters. The second-order valence-corrected chi connectivity index (χ2v) is 17.9. The summed E-state index contributed by atoms with van der Waals surface area (Å²) < 4.78 is 22.1. The van der Waals surface area contributed by atoms with Crippen molar-refractivity contribution in [3.8, 4) is 28.8 Å². The Balaban J connectivity index is 0.871. The van der Waals surface area contributed by atoms with Crippen LogP contribution in [0.1, 0.15) is 75.5 Å². The topological polar surface area (TPSA) is 64.9 Å². The van der Waals surface area contributed by atoms with E-state index in [9.17, 15) is 0 Å². The number of anilines is 1. The minimum absolute atomic E-state index is 0.183. The predicted molar refractivity (Wildman–Crippen MR) is 242 cm³/mol. The third-order valence-corrected chi connectivity index (χ3v) is 13.4. The number of piperazine rings is 1. The van der Waals surface area contributed by atoms with E-state index in [1.165, 1.54) is 43.4 Å². The molecule has 0 atom stereocenters. The Morgan fingerprint density at radius 3 is 2.17 bits per heavy atom. The monoisotopic (exact) mass is 855 g/mol. The molecule has 8 rings (SSSR count). The van der Waals surface area contributed by atoms with Gasteiger partial charge in [0.15, 0.2) is 0 Å². The SMILES string of the molecule is Cc1c(Br)cccc1OC1CCC(CCCC(C)(C)N2CCN(c3ccc4c(-c5ccc(OCc6ccccc6)nc5OCc5ccccc5)nn(C)c4c3)CC2)CC1. The molecular formula is C50H58BrN5O3. The van der Waals surface area contributed by atoms with E-state index in [0.717, 1.165) is 88.4 Å². The van der Waals surface area contributed by atoms with E-state index in [1.54, 1.807) is 0 Å². The number of aromatic nitrogens is 3. The summed E-state index contributed by atoms with van der Waals surface area (Å²) in [7, 11) is 2.02. The van der Waals surface area contributed by atoms with Crippen LogP contribution in [0.3, 0.4) is 0 Å². The molecule has 2 aliphatic rings. The van der Waals surface area contributed by atoms with E-state index in [0.29, 0.717) is 31.1 Å². The molecule has 1 aliphatic heterocycles. The van der Waals surface area contributed by atoms with Gasteiger partial charge in [-0.25, -0.2) is 0 Å². The van der Waals surface area contributed by atoms with Gasteiger partial charge in [-0.15, -0.1) is 0 Å². The van der Waals surface area contributed by atoms with Crippen LogP contribution in [-0.2, 0) is 20.3 Å². The van der Waals surface area contributed by atoms with Crippen molar-refractivity contribution in [2.75, 3.05) is 31.1 Å². The van der Waals surface area contributed by atoms with Crippen molar-refractivity contribution < 1.29 is 14.2 Å². The lowest BCUT2D eigenvalue weighted by molar-refractivity contribution is 0.0945. The number of ether oxygens (including phenoxy) is 3. The zero-order chi connectivity index (χ0) is 40.8. The number of fused-ring (bicyclic) bond motifs is 1. The van der Waals surface area contributed by atoms with E-state index in [4.69, 9.17) is 24.3 Å². The van der Waals surface area contributed by atoms with Crippen LogP contribution in [0.2, 0.25) is 0 Å². The fourth-order valence-corrected chi connectivity index (χ4v) is 9.23. The molecule has 0 spiro atoms. The Morgan fingerprint density at radius 1 is 0.763 bits per heavy atom. The van der Waals surface area contributed by atoms with Crippen LogP contribution < -0.4 is 19.1 Å². The molecule has 2 fully saturated rings. The minimum atomic E-state index is 0.183. The fraction of sp³-hybridized carbons (Fsp3) is 0.400. The highest BCUT2D eigenvalue weighted by atomic mass is 79.9. The van der Waals surface area contributed by atoms with Crippen LogP contribution in [0.4, 0.5) is 5.69 Å². The number of rotatable bonds is 15. The molecule has 4 aromatic carbocycles. The summed E-state index contributed by atoms with van der Waals surface area (Å²) in [6.45, 7) is 12.0. The number of aryl methyl sites for hydroxylation is 1. The minimum Gasteiger partial charge on any atom is -0.490 e. The average molecular weight is 857 g/mol. The Labute approximate surface area is 358 Å². The third kappa shape index (κ3) is 9.96. The maximum absolute atomic E-state index is 6.43. The zero-order valence-corrected chi connectivity index (χ0v) is 36.7. The van der Waals surface area contributed by atoms with Gasteiger partial charge in [0.2, 0.25) is 11.8 Å². The number of benzene rings is 4. The average Bonchev–Trinajstić information content (AvgIpc) is 3.60. The molecular weight excluding hydrogens is 798 g/mol. The Kier molecular flexibility index (Phi) is 12.9. The molecule has 3 heterocycles. The molecule has 0 bridgehead atoms. The number of hydrogen-bond donors (Lipinski definition) is 0. The zero-order valence-electron chi connectivity index (χ0n) is 35.1. The Bertz CT molecular complexity index is 2300. The summed E-state index contributed by atoms with van der Waals surface area (Å²) in [5, 5.41) is 6.11. The van der Waals surface area contributed by atoms with Crippen molar-refractivity contribution >= 4 is 32.5 Å². The van der Waals surface area contributed by atoms with Gasteiger partial charge in [0.1, 0.15) is 24.7 Å². The molecule has 1 saturated heterocycles. The van der Waals surface area contributed by atoms with Crippen molar-refractivity contribution in [1.82, 2.24) is 19.7 Å². The van der Waals surface area contributed by atoms with Crippen LogP contribution in [-0.4, -0.2) is 57.5 Å². The van der Waals surface area contributed by atoms with E-state index in [2.05, 4.69) is 95.0 Å². The molecule has 308 valence electrons. The molecule has 1 aliphatic carbocycles. The van der Waals surface area contributed by atoms with Gasteiger partial charge < -0.3 is 19.1 Å². The lowest BCUT2D eigenvalue weighted by atomic mass is 9.82. The first-order valence-corrected chi connectivity index (χ1v) is 22.2. The second kappa shape index (κ2) is 18.6. The predicted octanol–water partition coefficient (Wildman–Crippen LogP) is 11.6. The molecule has 6 aromatic rings. The van der Waals surface area contributed by atoms with Crippen LogP contribution in [0, 0.1) is 12.8 Å². The summed E-state index contributed by atoms with van der Waals surface area (Å²) in [6.07, 6.45) is 9.04. The van der Waals surface area contributed by atoms with E-state index in [1.807, 2.05) is 72.4 Å². The summed E-state index contributed by atoms with van der Waals surface area (Å²) in [5.41, 5.74) is 7.55. The summed E-state index contributed by atoms with van der Waals surface area (Å²) in [4.78, 5) is 10.1. The summed E-state index contributed by atoms with van der Waals surface area (Å²) >= 11 is 3.65. The molecule has 59 heavy (non-hydrogen) atoms. The second-order valence-electron chi connectivity index (χ2n) is 17.0. The quantitative estimate of drug-likeness (QED) is 0.102. The number of halogens is 1. The van der Waals surface area contributed by atoms with Crippen molar-refractivity contribution in [3.63, 3.8) is 0 Å². The van der Waals surface area contributed by atoms with E-state index < -0.39 is 0 Å². The fourth-order valence-electron chi connectivity index (χ4n) is 8.88. The van der Waals surface area contributed by atoms with Gasteiger partial charge in [0, 0.05) is 65.9 Å². The van der Waals surface area contributed by atoms with Crippen molar-refractivity contribution in [2.24, 2.45) is 13.0 Å². The Morgan fingerprint density at radius 2 is 1.46 bits per heavy atom. The van der Waals surface area contributed by atoms with Gasteiger partial charge >= 0.3 is 0 Å². The van der Waals surface area contributed by atoms with Crippen molar-refractivity contribution in [2.45, 2.75) is 90.6 Å². The van der Waals surface area contributed by atoms with Gasteiger partial charge in [-0.1, -0.05) is 95.5 Å². The maximum Gasteiger partial charge on any atom is 0.226 e. The van der Waals surface area contributed by atoms with Gasteiger partial charge in [-0.3, -0.25) is 9.58 Å².